The number of nitrogens with two attached hydrogens (primary N) is 1. The third-order valence-corrected chi connectivity index (χ3v) is 3.24. The number of nitrogens with zero attached hydrogens (tertiary/aromatic N) is 4. The van der Waals surface area contributed by atoms with E-state index in [0.29, 0.717) is 16.9 Å². The molecule has 100 valence electrons. The van der Waals surface area contributed by atoms with E-state index in [4.69, 9.17) is 17.3 Å². The fraction of sp³-hybridized carbons (Fsp3) is 0. The Balaban J connectivity index is 2.21. The molecule has 0 aliphatic heterocycles. The molecule has 2 heterocycles. The summed E-state index contributed by atoms with van der Waals surface area (Å²) in [4.78, 5) is 14.2. The predicted octanol–water partition coefficient (Wildman–Crippen LogP) is 2.54. The zero-order valence-corrected chi connectivity index (χ0v) is 10.8. The molecule has 20 heavy (non-hydrogen) atoms. The van der Waals surface area contributed by atoms with E-state index in [9.17, 15) is 10.1 Å². The van der Waals surface area contributed by atoms with Crippen molar-refractivity contribution in [2.75, 3.05) is 5.73 Å². The van der Waals surface area contributed by atoms with E-state index in [1.165, 1.54) is 18.5 Å². The minimum Gasteiger partial charge on any atom is -0.382 e. The van der Waals surface area contributed by atoms with E-state index in [-0.39, 0.29) is 10.7 Å². The van der Waals surface area contributed by atoms with Crippen LogP contribution in [-0.4, -0.2) is 19.5 Å². The largest absolute Gasteiger partial charge is 0.382 e. The maximum absolute atomic E-state index is 10.8. The maximum atomic E-state index is 10.8. The Morgan fingerprint density at radius 3 is 2.85 bits per heavy atom. The Morgan fingerprint density at radius 2 is 2.15 bits per heavy atom. The lowest BCUT2D eigenvalue weighted by molar-refractivity contribution is -0.384. The molecule has 0 atom stereocenters. The van der Waals surface area contributed by atoms with Gasteiger partial charge in [0.2, 0.25) is 0 Å². The van der Waals surface area contributed by atoms with E-state index in [1.807, 2.05) is 0 Å². The molecule has 0 spiro atoms. The molecular formula is C12H8ClN5O2. The number of aromatic nitrogens is 3. The molecule has 2 N–H and O–H groups in total. The summed E-state index contributed by atoms with van der Waals surface area (Å²) >= 11 is 5.92. The van der Waals surface area contributed by atoms with Gasteiger partial charge in [0, 0.05) is 17.8 Å². The normalized spacial score (nSPS) is 10.8. The Labute approximate surface area is 117 Å². The van der Waals surface area contributed by atoms with Crippen molar-refractivity contribution in [3.63, 3.8) is 0 Å². The number of nitro groups is 1. The first-order valence-corrected chi connectivity index (χ1v) is 5.98. The highest BCUT2D eigenvalue weighted by molar-refractivity contribution is 6.33. The molecule has 0 amide bonds. The highest BCUT2D eigenvalue weighted by atomic mass is 35.5. The first-order chi connectivity index (χ1) is 9.58. The van der Waals surface area contributed by atoms with Crippen LogP contribution < -0.4 is 5.73 Å². The second-order valence-corrected chi connectivity index (χ2v) is 4.50. The second-order valence-electron chi connectivity index (χ2n) is 4.09. The first-order valence-electron chi connectivity index (χ1n) is 5.60. The van der Waals surface area contributed by atoms with Gasteiger partial charge in [-0.3, -0.25) is 10.1 Å². The Morgan fingerprint density at radius 1 is 1.35 bits per heavy atom. The van der Waals surface area contributed by atoms with Gasteiger partial charge in [-0.25, -0.2) is 9.50 Å². The van der Waals surface area contributed by atoms with Gasteiger partial charge in [0.15, 0.2) is 5.82 Å². The van der Waals surface area contributed by atoms with Crippen molar-refractivity contribution in [1.29, 1.82) is 0 Å². The smallest absolute Gasteiger partial charge is 0.287 e. The van der Waals surface area contributed by atoms with Gasteiger partial charge in [0.25, 0.3) is 5.69 Å². The third-order valence-electron chi connectivity index (χ3n) is 2.94. The SMILES string of the molecule is Nc1ncnn2ccc(-c3ccc([N+](=O)[O-])c(Cl)c3)c12. The number of halogens is 1. The summed E-state index contributed by atoms with van der Waals surface area (Å²) in [7, 11) is 0. The van der Waals surface area contributed by atoms with E-state index in [0.717, 1.165) is 5.56 Å². The van der Waals surface area contributed by atoms with E-state index in [2.05, 4.69) is 10.1 Å². The van der Waals surface area contributed by atoms with Crippen LogP contribution in [0.1, 0.15) is 0 Å². The number of nitro benzene ring substituents is 1. The summed E-state index contributed by atoms with van der Waals surface area (Å²) in [6, 6.07) is 6.31. The van der Waals surface area contributed by atoms with Crippen molar-refractivity contribution in [3.05, 3.63) is 51.9 Å². The number of anilines is 1. The van der Waals surface area contributed by atoms with Crippen LogP contribution in [0.4, 0.5) is 11.5 Å². The number of nitrogen functional groups attached to an aromatic ring is 1. The minimum atomic E-state index is -0.526. The van der Waals surface area contributed by atoms with Crippen LogP contribution in [0.3, 0.4) is 0 Å². The molecule has 2 aromatic heterocycles. The molecule has 0 radical (unpaired) electrons. The lowest BCUT2D eigenvalue weighted by Crippen LogP contribution is -1.98. The van der Waals surface area contributed by atoms with Crippen LogP contribution in [0, 0.1) is 10.1 Å². The van der Waals surface area contributed by atoms with Crippen LogP contribution in [0.5, 0.6) is 0 Å². The summed E-state index contributed by atoms with van der Waals surface area (Å²) in [6.07, 6.45) is 3.09. The molecule has 0 unspecified atom stereocenters. The molecule has 0 aliphatic rings. The van der Waals surface area contributed by atoms with Crippen LogP contribution >= 0.6 is 11.6 Å². The van der Waals surface area contributed by atoms with E-state index >= 15 is 0 Å². The predicted molar refractivity (Wildman–Crippen MR) is 74.5 cm³/mol. The molecule has 0 aliphatic carbocycles. The molecule has 8 heteroatoms. The Hall–Kier alpha value is -2.67. The number of fused-ring (bicyclic) bond motifs is 1. The van der Waals surface area contributed by atoms with Crippen molar-refractivity contribution in [2.24, 2.45) is 0 Å². The quantitative estimate of drug-likeness (QED) is 0.577. The van der Waals surface area contributed by atoms with Crippen molar-refractivity contribution in [3.8, 4) is 11.1 Å². The fourth-order valence-corrected chi connectivity index (χ4v) is 2.28. The molecular weight excluding hydrogens is 282 g/mol. The zero-order valence-electron chi connectivity index (χ0n) is 10.0. The second kappa shape index (κ2) is 4.46. The van der Waals surface area contributed by atoms with Crippen LogP contribution in [0.15, 0.2) is 36.8 Å². The molecule has 0 saturated carbocycles. The number of hydrogen-bond donors (Lipinski definition) is 1. The first kappa shape index (κ1) is 12.4. The van der Waals surface area contributed by atoms with Crippen LogP contribution in [0.25, 0.3) is 16.6 Å². The average Bonchev–Trinajstić information content (AvgIpc) is 2.83. The molecule has 0 bridgehead atoms. The fourth-order valence-electron chi connectivity index (χ4n) is 2.03. The average molecular weight is 290 g/mol. The summed E-state index contributed by atoms with van der Waals surface area (Å²) in [5.41, 5.74) is 7.82. The minimum absolute atomic E-state index is 0.0715. The highest BCUT2D eigenvalue weighted by Gasteiger charge is 2.15. The molecule has 3 rings (SSSR count). The third kappa shape index (κ3) is 1.84. The zero-order chi connectivity index (χ0) is 14.3. The Bertz CT molecular complexity index is 830. The van der Waals surface area contributed by atoms with E-state index < -0.39 is 4.92 Å². The van der Waals surface area contributed by atoms with Gasteiger partial charge in [-0.2, -0.15) is 5.10 Å². The lowest BCUT2D eigenvalue weighted by Gasteiger charge is -2.03. The van der Waals surface area contributed by atoms with Crippen LogP contribution in [-0.2, 0) is 0 Å². The standard InChI is InChI=1S/C12H8ClN5O2/c13-9-5-7(1-2-10(9)18(19)20)8-3-4-17-11(8)12(14)15-6-16-17/h1-6H,(H2,14,15,16). The number of benzene rings is 1. The van der Waals surface area contributed by atoms with E-state index in [1.54, 1.807) is 22.8 Å². The monoisotopic (exact) mass is 289 g/mol. The van der Waals surface area contributed by atoms with Crippen LogP contribution in [0.2, 0.25) is 5.02 Å². The van der Waals surface area contributed by atoms with Crippen molar-refractivity contribution in [2.45, 2.75) is 0 Å². The summed E-state index contributed by atoms with van der Waals surface area (Å²) < 4.78 is 1.59. The Kier molecular flexibility index (Phi) is 2.76. The summed E-state index contributed by atoms with van der Waals surface area (Å²) in [5.74, 6) is 0.328. The highest BCUT2D eigenvalue weighted by Crippen LogP contribution is 2.33. The van der Waals surface area contributed by atoms with Crippen molar-refractivity contribution >= 4 is 28.6 Å². The lowest BCUT2D eigenvalue weighted by atomic mass is 10.1. The van der Waals surface area contributed by atoms with Gasteiger partial charge in [-0.15, -0.1) is 0 Å². The van der Waals surface area contributed by atoms with Gasteiger partial charge >= 0.3 is 0 Å². The van der Waals surface area contributed by atoms with Gasteiger partial charge in [-0.05, 0) is 23.8 Å². The van der Waals surface area contributed by atoms with Crippen molar-refractivity contribution < 1.29 is 4.92 Å². The summed E-state index contributed by atoms with van der Waals surface area (Å²) in [6.45, 7) is 0. The number of hydrogen-bond acceptors (Lipinski definition) is 5. The molecule has 3 aromatic rings. The topological polar surface area (TPSA) is 99.3 Å². The van der Waals surface area contributed by atoms with Gasteiger partial charge in [-0.1, -0.05) is 11.6 Å². The van der Waals surface area contributed by atoms with Gasteiger partial charge < -0.3 is 5.73 Å². The van der Waals surface area contributed by atoms with Crippen molar-refractivity contribution in [1.82, 2.24) is 14.6 Å². The molecule has 7 nitrogen and oxygen atoms in total. The summed E-state index contributed by atoms with van der Waals surface area (Å²) in [5, 5.41) is 14.9. The van der Waals surface area contributed by atoms with Gasteiger partial charge in [0.05, 0.1) is 4.92 Å². The van der Waals surface area contributed by atoms with Gasteiger partial charge in [0.1, 0.15) is 16.9 Å². The maximum Gasteiger partial charge on any atom is 0.287 e. The molecule has 1 aromatic carbocycles. The molecule has 0 saturated heterocycles. The number of rotatable bonds is 2. The molecule has 0 fully saturated rings.